The van der Waals surface area contributed by atoms with Crippen LogP contribution in [0.5, 0.6) is 0 Å². The van der Waals surface area contributed by atoms with Gasteiger partial charge in [0.1, 0.15) is 7.85 Å². The summed E-state index contributed by atoms with van der Waals surface area (Å²) < 4.78 is 0. The first-order chi connectivity index (χ1) is 13.6. The van der Waals surface area contributed by atoms with Crippen molar-refractivity contribution in [3.8, 4) is 0 Å². The fourth-order valence-corrected chi connectivity index (χ4v) is 5.09. The molecule has 3 rings (SSSR count). The van der Waals surface area contributed by atoms with E-state index in [4.69, 9.17) is 0 Å². The number of benzene rings is 3. The molecule has 0 unspecified atom stereocenters. The normalized spacial score (nSPS) is 12.4. The molecule has 29 heavy (non-hydrogen) atoms. The van der Waals surface area contributed by atoms with E-state index in [9.17, 15) is 0 Å². The molecular formula is C28H35B. The third-order valence-corrected chi connectivity index (χ3v) is 6.76. The Morgan fingerprint density at radius 3 is 1.59 bits per heavy atom. The predicted molar refractivity (Wildman–Crippen MR) is 131 cm³/mol. The van der Waals surface area contributed by atoms with E-state index >= 15 is 0 Å². The highest BCUT2D eigenvalue weighted by atomic mass is 14.4. The monoisotopic (exact) mass is 382 g/mol. The zero-order chi connectivity index (χ0) is 21.4. The predicted octanol–water partition coefficient (Wildman–Crippen LogP) is 6.03. The fourth-order valence-electron chi connectivity index (χ4n) is 5.09. The maximum atomic E-state index is 2.38. The summed E-state index contributed by atoms with van der Waals surface area (Å²) in [5, 5.41) is 0. The van der Waals surface area contributed by atoms with Crippen molar-refractivity contribution in [2.45, 2.75) is 65.2 Å². The SMILES string of the molecule is Bc1c(C(C)C)cccc1C(C)(C)c1ccccc1C(C)(C)c1ccccc1C. The standard InChI is InChI=1S/C28H35B/c1-19(2)21-14-12-18-25(26(21)29)28(6,7)24-17-11-10-16-23(24)27(4,5)22-15-9-8-13-20(22)3/h8-19H,29H2,1-7H3. The van der Waals surface area contributed by atoms with E-state index in [0.717, 1.165) is 0 Å². The molecule has 0 saturated heterocycles. The highest BCUT2D eigenvalue weighted by Crippen LogP contribution is 2.41. The number of rotatable bonds is 5. The van der Waals surface area contributed by atoms with Gasteiger partial charge in [0, 0.05) is 10.8 Å². The summed E-state index contributed by atoms with van der Waals surface area (Å²) in [4.78, 5) is 0. The lowest BCUT2D eigenvalue weighted by Crippen LogP contribution is -2.33. The first-order valence-electron chi connectivity index (χ1n) is 10.8. The van der Waals surface area contributed by atoms with Crippen molar-refractivity contribution in [3.05, 3.63) is 100 Å². The van der Waals surface area contributed by atoms with Crippen LogP contribution in [0, 0.1) is 6.92 Å². The van der Waals surface area contributed by atoms with E-state index in [1.807, 2.05) is 0 Å². The summed E-state index contributed by atoms with van der Waals surface area (Å²) in [6.45, 7) is 16.3. The molecule has 0 aliphatic heterocycles. The summed E-state index contributed by atoms with van der Waals surface area (Å²) in [6, 6.07) is 24.7. The molecule has 3 aromatic rings. The van der Waals surface area contributed by atoms with Crippen LogP contribution in [-0.4, -0.2) is 7.85 Å². The van der Waals surface area contributed by atoms with E-state index in [-0.39, 0.29) is 10.8 Å². The molecule has 0 N–H and O–H groups in total. The largest absolute Gasteiger partial charge is 0.140 e. The smallest absolute Gasteiger partial charge is 0.0816 e. The second kappa shape index (κ2) is 7.86. The van der Waals surface area contributed by atoms with Crippen molar-refractivity contribution in [2.75, 3.05) is 0 Å². The summed E-state index contributed by atoms with van der Waals surface area (Å²) in [5.41, 5.74) is 9.73. The highest BCUT2D eigenvalue weighted by Gasteiger charge is 2.34. The molecule has 0 bridgehead atoms. The lowest BCUT2D eigenvalue weighted by molar-refractivity contribution is 0.577. The zero-order valence-corrected chi connectivity index (χ0v) is 19.4. The van der Waals surface area contributed by atoms with Crippen LogP contribution < -0.4 is 5.46 Å². The molecule has 0 saturated carbocycles. The van der Waals surface area contributed by atoms with Crippen molar-refractivity contribution in [1.29, 1.82) is 0 Å². The third kappa shape index (κ3) is 3.80. The average Bonchev–Trinajstić information content (AvgIpc) is 2.68. The first-order valence-corrected chi connectivity index (χ1v) is 10.8. The van der Waals surface area contributed by atoms with Crippen LogP contribution in [0.2, 0.25) is 0 Å². The van der Waals surface area contributed by atoms with Crippen LogP contribution >= 0.6 is 0 Å². The van der Waals surface area contributed by atoms with Gasteiger partial charge in [-0.15, -0.1) is 0 Å². The topological polar surface area (TPSA) is 0 Å². The Morgan fingerprint density at radius 1 is 0.621 bits per heavy atom. The van der Waals surface area contributed by atoms with Crippen LogP contribution in [0.15, 0.2) is 66.7 Å². The minimum atomic E-state index is -0.0778. The maximum absolute atomic E-state index is 2.38. The van der Waals surface area contributed by atoms with E-state index in [1.54, 1.807) is 0 Å². The number of aryl methyl sites for hydroxylation is 1. The van der Waals surface area contributed by atoms with Gasteiger partial charge in [0.25, 0.3) is 0 Å². The Balaban J connectivity index is 2.22. The Morgan fingerprint density at radius 2 is 1.07 bits per heavy atom. The van der Waals surface area contributed by atoms with Crippen LogP contribution in [0.4, 0.5) is 0 Å². The molecule has 0 spiro atoms. The minimum absolute atomic E-state index is 0.0667. The van der Waals surface area contributed by atoms with Gasteiger partial charge in [0.2, 0.25) is 0 Å². The maximum Gasteiger partial charge on any atom is 0.140 e. The van der Waals surface area contributed by atoms with Gasteiger partial charge < -0.3 is 0 Å². The fraction of sp³-hybridized carbons (Fsp3) is 0.357. The van der Waals surface area contributed by atoms with Crippen molar-refractivity contribution in [3.63, 3.8) is 0 Å². The van der Waals surface area contributed by atoms with Crippen LogP contribution in [0.3, 0.4) is 0 Å². The first kappa shape index (κ1) is 21.4. The molecule has 0 amide bonds. The molecule has 3 aromatic carbocycles. The van der Waals surface area contributed by atoms with Gasteiger partial charge in [-0.25, -0.2) is 0 Å². The van der Waals surface area contributed by atoms with E-state index in [0.29, 0.717) is 5.92 Å². The van der Waals surface area contributed by atoms with Crippen LogP contribution in [0.1, 0.15) is 80.8 Å². The summed E-state index contributed by atoms with van der Waals surface area (Å²) in [7, 11) is 2.29. The molecule has 0 atom stereocenters. The molecular weight excluding hydrogens is 347 g/mol. The molecule has 0 aliphatic carbocycles. The van der Waals surface area contributed by atoms with Crippen LogP contribution in [0.25, 0.3) is 0 Å². The Kier molecular flexibility index (Phi) is 5.81. The molecule has 0 aromatic heterocycles. The second-order valence-corrected chi connectivity index (χ2v) is 9.79. The highest BCUT2D eigenvalue weighted by molar-refractivity contribution is 6.34. The Bertz CT molecular complexity index is 1010. The van der Waals surface area contributed by atoms with E-state index in [1.165, 1.54) is 38.8 Å². The van der Waals surface area contributed by atoms with Crippen LogP contribution in [-0.2, 0) is 10.8 Å². The Labute approximate surface area is 178 Å². The lowest BCUT2D eigenvalue weighted by Gasteiger charge is -2.37. The molecule has 0 radical (unpaired) electrons. The van der Waals surface area contributed by atoms with Crippen molar-refractivity contribution >= 4 is 13.3 Å². The average molecular weight is 382 g/mol. The van der Waals surface area contributed by atoms with Gasteiger partial charge in [0.15, 0.2) is 0 Å². The minimum Gasteiger partial charge on any atom is -0.0816 e. The lowest BCUT2D eigenvalue weighted by atomic mass is 9.65. The molecule has 0 fully saturated rings. The van der Waals surface area contributed by atoms with Crippen molar-refractivity contribution in [2.24, 2.45) is 0 Å². The summed E-state index contributed by atoms with van der Waals surface area (Å²) in [5.74, 6) is 0.532. The molecule has 0 nitrogen and oxygen atoms in total. The van der Waals surface area contributed by atoms with Crippen molar-refractivity contribution < 1.29 is 0 Å². The van der Waals surface area contributed by atoms with Gasteiger partial charge in [-0.3, -0.25) is 0 Å². The summed E-state index contributed by atoms with van der Waals surface area (Å²) in [6.07, 6.45) is 0. The second-order valence-electron chi connectivity index (χ2n) is 9.79. The van der Waals surface area contributed by atoms with Gasteiger partial charge in [-0.1, -0.05) is 119 Å². The van der Waals surface area contributed by atoms with Crippen molar-refractivity contribution in [1.82, 2.24) is 0 Å². The molecule has 0 heterocycles. The quantitative estimate of drug-likeness (QED) is 0.473. The van der Waals surface area contributed by atoms with Gasteiger partial charge in [-0.05, 0) is 40.7 Å². The zero-order valence-electron chi connectivity index (χ0n) is 19.4. The van der Waals surface area contributed by atoms with E-state index < -0.39 is 0 Å². The summed E-state index contributed by atoms with van der Waals surface area (Å²) >= 11 is 0. The molecule has 1 heteroatoms. The third-order valence-electron chi connectivity index (χ3n) is 6.76. The van der Waals surface area contributed by atoms with Gasteiger partial charge >= 0.3 is 0 Å². The number of hydrogen-bond acceptors (Lipinski definition) is 0. The van der Waals surface area contributed by atoms with Gasteiger partial charge in [0.05, 0.1) is 0 Å². The Hall–Kier alpha value is -2.28. The van der Waals surface area contributed by atoms with E-state index in [2.05, 4.69) is 123 Å². The number of hydrogen-bond donors (Lipinski definition) is 0. The van der Waals surface area contributed by atoms with Gasteiger partial charge in [-0.2, -0.15) is 0 Å². The molecule has 0 aliphatic rings. The molecule has 150 valence electrons.